The number of piperidine rings is 1. The van der Waals surface area contributed by atoms with Crippen LogP contribution in [-0.4, -0.2) is 70.0 Å². The van der Waals surface area contributed by atoms with Gasteiger partial charge >= 0.3 is 0 Å². The predicted molar refractivity (Wildman–Crippen MR) is 123 cm³/mol. The number of nitrogens with two attached hydrogens (primary N) is 1. The minimum Gasteiger partial charge on any atom is -0.369 e. The number of para-hydroxylation sites is 1. The molecule has 2 fully saturated rings. The molecule has 1 aromatic carbocycles. The van der Waals surface area contributed by atoms with Crippen molar-refractivity contribution in [3.05, 3.63) is 48.5 Å². The maximum Gasteiger partial charge on any atom is 0.225 e. The van der Waals surface area contributed by atoms with E-state index in [1.54, 1.807) is 12.4 Å². The molecule has 5 rings (SSSR count). The number of piperazine rings is 1. The number of benzene rings is 1. The van der Waals surface area contributed by atoms with Crippen molar-refractivity contribution in [2.24, 2.45) is 11.7 Å². The number of rotatable bonds is 5. The van der Waals surface area contributed by atoms with Gasteiger partial charge in [-0.05, 0) is 31.0 Å². The Kier molecular flexibility index (Phi) is 5.81. The largest absolute Gasteiger partial charge is 0.369 e. The Hall–Kier alpha value is -3.33. The summed E-state index contributed by atoms with van der Waals surface area (Å²) in [7, 11) is 0. The van der Waals surface area contributed by atoms with Crippen LogP contribution in [0.4, 0.5) is 11.8 Å². The van der Waals surface area contributed by atoms with Crippen molar-refractivity contribution in [1.29, 1.82) is 0 Å². The predicted octanol–water partition coefficient (Wildman–Crippen LogP) is 1.44. The summed E-state index contributed by atoms with van der Waals surface area (Å²) in [6.45, 7) is 5.85. The molecule has 3 aromatic rings. The first kappa shape index (κ1) is 20.6. The van der Waals surface area contributed by atoms with Crippen molar-refractivity contribution >= 4 is 28.6 Å². The summed E-state index contributed by atoms with van der Waals surface area (Å²) in [6.07, 6.45) is 5.11. The molecule has 0 spiro atoms. The van der Waals surface area contributed by atoms with Crippen LogP contribution in [-0.2, 0) is 11.3 Å². The lowest BCUT2D eigenvalue weighted by molar-refractivity contribution is -0.122. The Labute approximate surface area is 187 Å². The Bertz CT molecular complexity index is 1080. The number of anilines is 2. The average Bonchev–Trinajstić information content (AvgIpc) is 2.84. The minimum atomic E-state index is -0.196. The SMILES string of the molecule is NC(=O)C1CCN(c2nc(CN3CCN(c4ncccn4)CC3)nc3ccccc23)CC1. The van der Waals surface area contributed by atoms with E-state index in [1.807, 2.05) is 24.3 Å². The van der Waals surface area contributed by atoms with E-state index in [0.29, 0.717) is 6.54 Å². The third-order valence-electron chi connectivity index (χ3n) is 6.40. The van der Waals surface area contributed by atoms with E-state index < -0.39 is 0 Å². The van der Waals surface area contributed by atoms with Gasteiger partial charge in [0.15, 0.2) is 0 Å². The molecule has 0 unspecified atom stereocenters. The second kappa shape index (κ2) is 9.04. The quantitative estimate of drug-likeness (QED) is 0.646. The second-order valence-corrected chi connectivity index (χ2v) is 8.46. The Balaban J connectivity index is 1.31. The molecule has 32 heavy (non-hydrogen) atoms. The highest BCUT2D eigenvalue weighted by molar-refractivity contribution is 5.89. The standard InChI is InChI=1S/C23H28N8O/c24-21(32)17-6-10-30(11-7-17)22-18-4-1-2-5-19(18)27-20(28-22)16-29-12-14-31(15-13-29)23-25-8-3-9-26-23/h1-5,8-9,17H,6-7,10-16H2,(H2,24,32). The fourth-order valence-electron chi connectivity index (χ4n) is 4.55. The molecule has 0 saturated carbocycles. The summed E-state index contributed by atoms with van der Waals surface area (Å²) in [5.41, 5.74) is 6.48. The minimum absolute atomic E-state index is 0.0382. The van der Waals surface area contributed by atoms with Gasteiger partial charge in [-0.3, -0.25) is 9.69 Å². The molecule has 166 valence electrons. The monoisotopic (exact) mass is 432 g/mol. The van der Waals surface area contributed by atoms with Gasteiger partial charge in [-0.2, -0.15) is 0 Å². The zero-order valence-electron chi connectivity index (χ0n) is 18.1. The highest BCUT2D eigenvalue weighted by Gasteiger charge is 2.26. The molecule has 0 aliphatic carbocycles. The molecule has 0 bridgehead atoms. The molecule has 2 aliphatic rings. The lowest BCUT2D eigenvalue weighted by Gasteiger charge is -2.35. The van der Waals surface area contributed by atoms with Gasteiger partial charge in [-0.1, -0.05) is 12.1 Å². The van der Waals surface area contributed by atoms with Gasteiger partial charge in [0.05, 0.1) is 12.1 Å². The summed E-state index contributed by atoms with van der Waals surface area (Å²) in [5.74, 6) is 2.35. The third kappa shape index (κ3) is 4.34. The Morgan fingerprint density at radius 2 is 1.62 bits per heavy atom. The second-order valence-electron chi connectivity index (χ2n) is 8.46. The summed E-state index contributed by atoms with van der Waals surface area (Å²) >= 11 is 0. The summed E-state index contributed by atoms with van der Waals surface area (Å²) in [4.78, 5) is 37.0. The highest BCUT2D eigenvalue weighted by Crippen LogP contribution is 2.28. The maximum absolute atomic E-state index is 11.6. The first-order chi connectivity index (χ1) is 15.7. The fraction of sp³-hybridized carbons (Fsp3) is 0.435. The van der Waals surface area contributed by atoms with Crippen LogP contribution in [0.5, 0.6) is 0 Å². The molecule has 2 saturated heterocycles. The molecule has 0 radical (unpaired) electrons. The number of fused-ring (bicyclic) bond motifs is 1. The van der Waals surface area contributed by atoms with Gasteiger partial charge in [0.25, 0.3) is 0 Å². The first-order valence-corrected chi connectivity index (χ1v) is 11.2. The van der Waals surface area contributed by atoms with Gasteiger partial charge < -0.3 is 15.5 Å². The van der Waals surface area contributed by atoms with E-state index >= 15 is 0 Å². The van der Waals surface area contributed by atoms with Crippen LogP contribution in [0.2, 0.25) is 0 Å². The summed E-state index contributed by atoms with van der Waals surface area (Å²) in [5, 5.41) is 1.06. The lowest BCUT2D eigenvalue weighted by Crippen LogP contribution is -2.46. The van der Waals surface area contributed by atoms with Crippen LogP contribution >= 0.6 is 0 Å². The van der Waals surface area contributed by atoms with Gasteiger partial charge in [-0.15, -0.1) is 0 Å². The Morgan fingerprint density at radius 1 is 0.906 bits per heavy atom. The Morgan fingerprint density at radius 3 is 2.34 bits per heavy atom. The van der Waals surface area contributed by atoms with Crippen LogP contribution in [0, 0.1) is 5.92 Å². The maximum atomic E-state index is 11.6. The van der Waals surface area contributed by atoms with Gasteiger partial charge in [-0.25, -0.2) is 19.9 Å². The molecule has 2 aromatic heterocycles. The molecule has 2 aliphatic heterocycles. The van der Waals surface area contributed by atoms with Crippen molar-refractivity contribution in [2.45, 2.75) is 19.4 Å². The van der Waals surface area contributed by atoms with Crippen LogP contribution in [0.15, 0.2) is 42.7 Å². The molecule has 9 heteroatoms. The van der Waals surface area contributed by atoms with E-state index in [9.17, 15) is 4.79 Å². The van der Waals surface area contributed by atoms with Gasteiger partial charge in [0, 0.05) is 63.0 Å². The molecule has 2 N–H and O–H groups in total. The van der Waals surface area contributed by atoms with E-state index in [-0.39, 0.29) is 11.8 Å². The molecule has 1 amide bonds. The van der Waals surface area contributed by atoms with Crippen molar-refractivity contribution in [3.63, 3.8) is 0 Å². The van der Waals surface area contributed by atoms with Crippen LogP contribution in [0.3, 0.4) is 0 Å². The van der Waals surface area contributed by atoms with E-state index in [4.69, 9.17) is 15.7 Å². The number of primary amides is 1. The van der Waals surface area contributed by atoms with Crippen molar-refractivity contribution < 1.29 is 4.79 Å². The number of carbonyl (C=O) groups is 1. The van der Waals surface area contributed by atoms with E-state index in [2.05, 4.69) is 30.7 Å². The van der Waals surface area contributed by atoms with Crippen molar-refractivity contribution in [3.8, 4) is 0 Å². The number of hydrogen-bond acceptors (Lipinski definition) is 8. The zero-order valence-corrected chi connectivity index (χ0v) is 18.1. The number of aromatic nitrogens is 4. The highest BCUT2D eigenvalue weighted by atomic mass is 16.1. The van der Waals surface area contributed by atoms with E-state index in [1.165, 1.54) is 0 Å². The lowest BCUT2D eigenvalue weighted by atomic mass is 9.96. The van der Waals surface area contributed by atoms with Crippen molar-refractivity contribution in [2.75, 3.05) is 49.1 Å². The molecular formula is C23H28N8O. The fourth-order valence-corrected chi connectivity index (χ4v) is 4.55. The smallest absolute Gasteiger partial charge is 0.225 e. The van der Waals surface area contributed by atoms with Crippen LogP contribution in [0.1, 0.15) is 18.7 Å². The number of hydrogen-bond donors (Lipinski definition) is 1. The zero-order chi connectivity index (χ0) is 21.9. The van der Waals surface area contributed by atoms with Crippen LogP contribution in [0.25, 0.3) is 10.9 Å². The molecule has 4 heterocycles. The van der Waals surface area contributed by atoms with Gasteiger partial charge in [0.1, 0.15) is 11.6 Å². The van der Waals surface area contributed by atoms with Gasteiger partial charge in [0.2, 0.25) is 11.9 Å². The van der Waals surface area contributed by atoms with E-state index in [0.717, 1.165) is 80.6 Å². The topological polar surface area (TPSA) is 104 Å². The number of nitrogens with zero attached hydrogens (tertiary/aromatic N) is 7. The number of amides is 1. The van der Waals surface area contributed by atoms with Crippen molar-refractivity contribution in [1.82, 2.24) is 24.8 Å². The summed E-state index contributed by atoms with van der Waals surface area (Å²) in [6, 6.07) is 10.00. The first-order valence-electron chi connectivity index (χ1n) is 11.2. The average molecular weight is 433 g/mol. The normalized spacial score (nSPS) is 18.2. The molecular weight excluding hydrogens is 404 g/mol. The molecule has 9 nitrogen and oxygen atoms in total. The van der Waals surface area contributed by atoms with Crippen LogP contribution < -0.4 is 15.5 Å². The third-order valence-corrected chi connectivity index (χ3v) is 6.40. The molecule has 0 atom stereocenters. The summed E-state index contributed by atoms with van der Waals surface area (Å²) < 4.78 is 0. The number of carbonyl (C=O) groups excluding carboxylic acids is 1.